The molecule has 5 N–H and O–H groups in total. The van der Waals surface area contributed by atoms with Gasteiger partial charge in [-0.05, 0) is 74.8 Å². The zero-order valence-electron chi connectivity index (χ0n) is 31.1. The maximum Gasteiger partial charge on any atom is 0.379 e. The molecule has 3 aromatic rings. The predicted molar refractivity (Wildman–Crippen MR) is 207 cm³/mol. The van der Waals surface area contributed by atoms with Gasteiger partial charge >= 0.3 is 7.60 Å². The van der Waals surface area contributed by atoms with Gasteiger partial charge in [-0.25, -0.2) is 13.9 Å². The number of rotatable bonds is 25. The molecule has 1 fully saturated rings. The van der Waals surface area contributed by atoms with Gasteiger partial charge in [0.2, 0.25) is 11.9 Å². The summed E-state index contributed by atoms with van der Waals surface area (Å²) in [5.41, 5.74) is 6.22. The van der Waals surface area contributed by atoms with Crippen molar-refractivity contribution in [3.63, 3.8) is 0 Å². The van der Waals surface area contributed by atoms with Crippen molar-refractivity contribution in [2.75, 3.05) is 25.0 Å². The van der Waals surface area contributed by atoms with E-state index in [-0.39, 0.29) is 54.5 Å². The Labute approximate surface area is 312 Å². The maximum absolute atomic E-state index is 14.0. The summed E-state index contributed by atoms with van der Waals surface area (Å²) in [5.74, 6) is -1.03. The van der Waals surface area contributed by atoms with Crippen molar-refractivity contribution < 1.29 is 27.9 Å². The van der Waals surface area contributed by atoms with E-state index in [0.717, 1.165) is 32.1 Å². The number of H-pyrrole nitrogens is 1. The van der Waals surface area contributed by atoms with Gasteiger partial charge in [-0.3, -0.25) is 19.1 Å². The quantitative estimate of drug-likeness (QED) is 0.0378. The lowest BCUT2D eigenvalue weighted by molar-refractivity contribution is -0.121. The van der Waals surface area contributed by atoms with E-state index in [4.69, 9.17) is 14.8 Å². The van der Waals surface area contributed by atoms with Crippen molar-refractivity contribution in [1.82, 2.24) is 24.8 Å². The van der Waals surface area contributed by atoms with E-state index in [1.165, 1.54) is 82.0 Å². The number of aliphatic hydroxyl groups excluding tert-OH is 1. The molecule has 53 heavy (non-hydrogen) atoms. The Balaban J connectivity index is 1.18. The van der Waals surface area contributed by atoms with E-state index in [2.05, 4.69) is 45.9 Å². The van der Waals surface area contributed by atoms with Crippen molar-refractivity contribution in [3.05, 3.63) is 71.1 Å². The van der Waals surface area contributed by atoms with Crippen molar-refractivity contribution in [2.24, 2.45) is 5.92 Å². The number of carbonyl (C=O) groups excluding carboxylic acids is 1. The Morgan fingerprint density at radius 1 is 1.08 bits per heavy atom. The summed E-state index contributed by atoms with van der Waals surface area (Å²) in [6.07, 6.45) is 21.7. The summed E-state index contributed by atoms with van der Waals surface area (Å²) in [4.78, 5) is 35.5. The van der Waals surface area contributed by atoms with Crippen LogP contribution in [0.3, 0.4) is 0 Å². The first-order valence-electron chi connectivity index (χ1n) is 19.3. The van der Waals surface area contributed by atoms with Gasteiger partial charge in [0, 0.05) is 18.9 Å². The van der Waals surface area contributed by atoms with Crippen LogP contribution in [0.4, 0.5) is 10.3 Å². The monoisotopic (exact) mass is 756 g/mol. The van der Waals surface area contributed by atoms with E-state index < -0.39 is 37.0 Å². The third kappa shape index (κ3) is 13.5. The zero-order valence-corrected chi connectivity index (χ0v) is 32.0. The molecule has 1 saturated carbocycles. The Morgan fingerprint density at radius 2 is 1.74 bits per heavy atom. The van der Waals surface area contributed by atoms with Crippen molar-refractivity contribution in [2.45, 2.75) is 122 Å². The lowest BCUT2D eigenvalue weighted by atomic mass is 10.0. The molecule has 1 aliphatic carbocycles. The molecular formula is C39H58FN6O6P. The fourth-order valence-corrected chi connectivity index (χ4v) is 8.30. The zero-order chi connectivity index (χ0) is 38.1. The summed E-state index contributed by atoms with van der Waals surface area (Å²) in [5, 5.41) is 13.9. The number of nitrogen functional groups attached to an aromatic ring is 1. The molecule has 1 amide bonds. The molecule has 14 heteroatoms. The number of nitrogens with one attached hydrogen (secondary N) is 2. The number of allylic oxidation sites excluding steroid dienone is 2. The number of anilines is 1. The van der Waals surface area contributed by atoms with Crippen LogP contribution < -0.4 is 21.1 Å². The van der Waals surface area contributed by atoms with Crippen LogP contribution in [0, 0.1) is 11.7 Å². The molecule has 4 atom stereocenters. The molecule has 2 heterocycles. The fourth-order valence-electron chi connectivity index (χ4n) is 6.65. The van der Waals surface area contributed by atoms with Crippen molar-refractivity contribution >= 4 is 30.6 Å². The SMILES string of the molecule is C=C1C(n2cnc3c(=O)[nH]c(N)nc32)C[C@H](O)[C@H]1COP(=O)(CCCNC(=O)CCCCCCC/C=C\CCCCCCCC)Oc1ccc(F)cc1. The standard InChI is InChI=1S/C39H58FN6O6P/c1-3-4-5-6-7-8-9-10-11-12-13-14-15-16-17-19-35(48)42-24-18-25-53(50,52-31-22-20-30(40)21-23-31)51-27-32-29(2)33(26-34(32)47)46-28-43-36-37(46)44-39(41)45-38(36)49/h10-11,20-23,28,32-34,47H,2-9,12-19,24-27H2,1H3,(H,42,48)(H3,41,44,45,49)/b11-10-/t32-,33?,34-,53?/m0/s1. The predicted octanol–water partition coefficient (Wildman–Crippen LogP) is 8.15. The molecule has 4 rings (SSSR count). The first kappa shape index (κ1) is 41.9. The number of imidazole rings is 1. The molecule has 1 aromatic carbocycles. The van der Waals surface area contributed by atoms with Crippen LogP contribution in [-0.2, 0) is 13.9 Å². The lowest BCUT2D eigenvalue weighted by Crippen LogP contribution is -2.25. The highest BCUT2D eigenvalue weighted by Gasteiger charge is 2.40. The second kappa shape index (κ2) is 21.8. The summed E-state index contributed by atoms with van der Waals surface area (Å²) in [6.45, 7) is 6.54. The molecular weight excluding hydrogens is 698 g/mol. The third-order valence-corrected chi connectivity index (χ3v) is 11.6. The van der Waals surface area contributed by atoms with Gasteiger partial charge < -0.3 is 25.2 Å². The van der Waals surface area contributed by atoms with E-state index in [9.17, 15) is 23.7 Å². The van der Waals surface area contributed by atoms with Crippen LogP contribution in [0.1, 0.15) is 116 Å². The number of fused-ring (bicyclic) bond motifs is 1. The maximum atomic E-state index is 14.0. The Bertz CT molecular complexity index is 1730. The van der Waals surface area contributed by atoms with Gasteiger partial charge in [0.1, 0.15) is 11.6 Å². The minimum Gasteiger partial charge on any atom is -0.424 e. The van der Waals surface area contributed by atoms with Crippen LogP contribution in [0.15, 0.2) is 59.7 Å². The van der Waals surface area contributed by atoms with Crippen LogP contribution in [0.2, 0.25) is 0 Å². The normalized spacial score (nSPS) is 18.5. The number of hydrogen-bond acceptors (Lipinski definition) is 9. The number of hydrogen-bond donors (Lipinski definition) is 4. The molecule has 0 aliphatic heterocycles. The molecule has 0 spiro atoms. The number of nitrogens with zero attached hydrogens (tertiary/aromatic N) is 3. The summed E-state index contributed by atoms with van der Waals surface area (Å²) < 4.78 is 41.0. The average molecular weight is 757 g/mol. The van der Waals surface area contributed by atoms with Crippen LogP contribution in [0.5, 0.6) is 5.75 Å². The largest absolute Gasteiger partial charge is 0.424 e. The number of halogens is 1. The lowest BCUT2D eigenvalue weighted by Gasteiger charge is -2.23. The highest BCUT2D eigenvalue weighted by Crippen LogP contribution is 2.51. The molecule has 1 aliphatic rings. The van der Waals surface area contributed by atoms with E-state index in [0.29, 0.717) is 18.4 Å². The van der Waals surface area contributed by atoms with Crippen LogP contribution >= 0.6 is 7.60 Å². The number of aliphatic hydroxyl groups is 1. The summed E-state index contributed by atoms with van der Waals surface area (Å²) in [6, 6.07) is 4.66. The Morgan fingerprint density at radius 3 is 2.43 bits per heavy atom. The summed E-state index contributed by atoms with van der Waals surface area (Å²) >= 11 is 0. The van der Waals surface area contributed by atoms with Gasteiger partial charge in [-0.1, -0.05) is 77.0 Å². The highest BCUT2D eigenvalue weighted by molar-refractivity contribution is 7.54. The average Bonchev–Trinajstić information content (AvgIpc) is 3.67. The van der Waals surface area contributed by atoms with E-state index in [1.807, 2.05) is 0 Å². The van der Waals surface area contributed by atoms with E-state index >= 15 is 0 Å². The number of unbranched alkanes of at least 4 members (excludes halogenated alkanes) is 11. The minimum absolute atomic E-state index is 0.0189. The second-order valence-electron chi connectivity index (χ2n) is 14.0. The smallest absolute Gasteiger partial charge is 0.379 e. The van der Waals surface area contributed by atoms with Crippen LogP contribution in [0.25, 0.3) is 11.2 Å². The second-order valence-corrected chi connectivity index (χ2v) is 16.1. The number of nitrogens with two attached hydrogens (primary N) is 1. The summed E-state index contributed by atoms with van der Waals surface area (Å²) in [7, 11) is -3.83. The first-order chi connectivity index (χ1) is 25.6. The van der Waals surface area contributed by atoms with Gasteiger partial charge in [0.25, 0.3) is 5.56 Å². The Hall–Kier alpha value is -3.80. The van der Waals surface area contributed by atoms with Gasteiger partial charge in [-0.15, -0.1) is 0 Å². The molecule has 292 valence electrons. The molecule has 0 saturated heterocycles. The highest BCUT2D eigenvalue weighted by atomic mass is 31.2. The van der Waals surface area contributed by atoms with Gasteiger partial charge in [-0.2, -0.15) is 4.98 Å². The number of amides is 1. The van der Waals surface area contributed by atoms with E-state index in [1.54, 1.807) is 4.57 Å². The number of carbonyl (C=O) groups is 1. The Kier molecular flexibility index (Phi) is 17.2. The molecule has 12 nitrogen and oxygen atoms in total. The molecule has 2 unspecified atom stereocenters. The van der Waals surface area contributed by atoms with Crippen LogP contribution in [-0.4, -0.2) is 56.0 Å². The van der Waals surface area contributed by atoms with Gasteiger partial charge in [0.15, 0.2) is 11.2 Å². The molecule has 2 aromatic heterocycles. The topological polar surface area (TPSA) is 174 Å². The fraction of sp³-hybridized carbons (Fsp3) is 0.590. The van der Waals surface area contributed by atoms with Crippen molar-refractivity contribution in [1.29, 1.82) is 0 Å². The van der Waals surface area contributed by atoms with Gasteiger partial charge in [0.05, 0.1) is 31.2 Å². The number of aromatic amines is 1. The number of aromatic nitrogens is 4. The van der Waals surface area contributed by atoms with Crippen molar-refractivity contribution in [3.8, 4) is 5.75 Å². The molecule has 0 radical (unpaired) electrons. The third-order valence-electron chi connectivity index (χ3n) is 9.73. The number of benzene rings is 1. The minimum atomic E-state index is -3.83. The first-order valence-corrected chi connectivity index (χ1v) is 21.0. The molecule has 0 bridgehead atoms.